The van der Waals surface area contributed by atoms with E-state index in [0.29, 0.717) is 18.8 Å². The van der Waals surface area contributed by atoms with E-state index >= 15 is 0 Å². The summed E-state index contributed by atoms with van der Waals surface area (Å²) in [5, 5.41) is 10.9. The van der Waals surface area contributed by atoms with E-state index < -0.39 is 11.2 Å². The maximum atomic E-state index is 12.4. The molecule has 2 rings (SSSR count). The molecule has 1 N–H and O–H groups in total. The second-order valence-electron chi connectivity index (χ2n) is 8.34. The summed E-state index contributed by atoms with van der Waals surface area (Å²) in [7, 11) is 0. The molecule has 21 heavy (non-hydrogen) atoms. The minimum absolute atomic E-state index is 0.149. The highest BCUT2D eigenvalue weighted by atomic mass is 16.6. The standard InChI is InChI=1S/C17H31NO3/c1-12(2)8-9-17(20)10-13-6-7-14(11-17)18(13)15(19)21-16(3,4)5/h12-14,20H,6-11H2,1-5H3. The molecule has 4 nitrogen and oxygen atoms in total. The lowest BCUT2D eigenvalue weighted by molar-refractivity contribution is -0.0646. The number of aliphatic hydroxyl groups is 1. The van der Waals surface area contributed by atoms with Crippen molar-refractivity contribution < 1.29 is 14.6 Å². The van der Waals surface area contributed by atoms with Gasteiger partial charge in [0.05, 0.1) is 5.60 Å². The van der Waals surface area contributed by atoms with E-state index in [1.54, 1.807) is 0 Å². The fraction of sp³-hybridized carbons (Fsp3) is 0.941. The van der Waals surface area contributed by atoms with E-state index in [0.717, 1.165) is 25.7 Å². The Bertz CT molecular complexity index is 372. The number of hydrogen-bond acceptors (Lipinski definition) is 3. The van der Waals surface area contributed by atoms with Gasteiger partial charge in [-0.25, -0.2) is 4.79 Å². The average Bonchev–Trinajstić information content (AvgIpc) is 2.58. The van der Waals surface area contributed by atoms with E-state index in [2.05, 4.69) is 13.8 Å². The number of carbonyl (C=O) groups is 1. The number of piperidine rings is 1. The third-order valence-corrected chi connectivity index (χ3v) is 4.64. The third-order valence-electron chi connectivity index (χ3n) is 4.64. The quantitative estimate of drug-likeness (QED) is 0.864. The molecule has 0 aliphatic carbocycles. The Morgan fingerprint density at radius 2 is 1.81 bits per heavy atom. The number of nitrogens with zero attached hydrogens (tertiary/aromatic N) is 1. The van der Waals surface area contributed by atoms with Crippen molar-refractivity contribution in [3.63, 3.8) is 0 Å². The summed E-state index contributed by atoms with van der Waals surface area (Å²) in [4.78, 5) is 14.3. The van der Waals surface area contributed by atoms with Crippen LogP contribution in [0.2, 0.25) is 0 Å². The first-order valence-corrected chi connectivity index (χ1v) is 8.33. The van der Waals surface area contributed by atoms with Gasteiger partial charge < -0.3 is 14.7 Å². The molecule has 4 heteroatoms. The number of fused-ring (bicyclic) bond motifs is 2. The molecule has 122 valence electrons. The lowest BCUT2D eigenvalue weighted by Crippen LogP contribution is -2.54. The van der Waals surface area contributed by atoms with Gasteiger partial charge in [-0.1, -0.05) is 13.8 Å². The van der Waals surface area contributed by atoms with Crippen LogP contribution in [-0.2, 0) is 4.74 Å². The summed E-state index contributed by atoms with van der Waals surface area (Å²) < 4.78 is 5.53. The van der Waals surface area contributed by atoms with Crippen LogP contribution in [0.5, 0.6) is 0 Å². The van der Waals surface area contributed by atoms with Crippen molar-refractivity contribution in [2.45, 2.75) is 96.4 Å². The van der Waals surface area contributed by atoms with E-state index in [1.165, 1.54) is 0 Å². The molecule has 0 spiro atoms. The van der Waals surface area contributed by atoms with Crippen LogP contribution in [0.25, 0.3) is 0 Å². The molecule has 0 aromatic rings. The van der Waals surface area contributed by atoms with Crippen molar-refractivity contribution >= 4 is 6.09 Å². The Balaban J connectivity index is 2.00. The summed E-state index contributed by atoms with van der Waals surface area (Å²) in [5.41, 5.74) is -1.05. The molecular formula is C17H31NO3. The van der Waals surface area contributed by atoms with E-state index in [4.69, 9.17) is 4.74 Å². The van der Waals surface area contributed by atoms with Gasteiger partial charge in [0.25, 0.3) is 0 Å². The third kappa shape index (κ3) is 4.12. The SMILES string of the molecule is CC(C)CCC1(O)CC2CCC(C1)N2C(=O)OC(C)(C)C. The van der Waals surface area contributed by atoms with Gasteiger partial charge in [-0.05, 0) is 65.2 Å². The Labute approximate surface area is 128 Å². The molecule has 2 atom stereocenters. The Morgan fingerprint density at radius 3 is 2.24 bits per heavy atom. The lowest BCUT2D eigenvalue weighted by atomic mass is 9.81. The van der Waals surface area contributed by atoms with Crippen molar-refractivity contribution in [1.29, 1.82) is 0 Å². The van der Waals surface area contributed by atoms with Crippen LogP contribution in [0.3, 0.4) is 0 Å². The molecule has 2 saturated heterocycles. The molecule has 2 bridgehead atoms. The first-order valence-electron chi connectivity index (χ1n) is 8.33. The van der Waals surface area contributed by atoms with Crippen molar-refractivity contribution in [3.8, 4) is 0 Å². The topological polar surface area (TPSA) is 49.8 Å². The molecule has 2 fully saturated rings. The zero-order chi connectivity index (χ0) is 15.8. The van der Waals surface area contributed by atoms with Crippen molar-refractivity contribution in [2.75, 3.05) is 0 Å². The van der Waals surface area contributed by atoms with Gasteiger partial charge in [-0.3, -0.25) is 0 Å². The number of ether oxygens (including phenoxy) is 1. The normalized spacial score (nSPS) is 32.6. The van der Waals surface area contributed by atoms with Gasteiger partial charge >= 0.3 is 6.09 Å². The molecule has 2 aliphatic rings. The molecule has 0 saturated carbocycles. The average molecular weight is 297 g/mol. The van der Waals surface area contributed by atoms with Gasteiger partial charge in [0, 0.05) is 12.1 Å². The molecule has 0 radical (unpaired) electrons. The number of rotatable bonds is 3. The highest BCUT2D eigenvalue weighted by molar-refractivity contribution is 5.69. The Morgan fingerprint density at radius 1 is 1.29 bits per heavy atom. The summed E-state index contributed by atoms with van der Waals surface area (Å²) >= 11 is 0. The van der Waals surface area contributed by atoms with E-state index in [9.17, 15) is 9.90 Å². The zero-order valence-electron chi connectivity index (χ0n) is 14.2. The van der Waals surface area contributed by atoms with Crippen molar-refractivity contribution in [2.24, 2.45) is 5.92 Å². The van der Waals surface area contributed by atoms with Crippen LogP contribution in [0.15, 0.2) is 0 Å². The fourth-order valence-corrected chi connectivity index (χ4v) is 3.70. The van der Waals surface area contributed by atoms with Gasteiger partial charge in [-0.2, -0.15) is 0 Å². The summed E-state index contributed by atoms with van der Waals surface area (Å²) in [6.45, 7) is 10.1. The number of carbonyl (C=O) groups excluding carboxylic acids is 1. The summed E-state index contributed by atoms with van der Waals surface area (Å²) in [6.07, 6.45) is 5.08. The first kappa shape index (κ1) is 16.6. The Kier molecular flexibility index (Phi) is 4.57. The number of hydrogen-bond donors (Lipinski definition) is 1. The molecule has 2 unspecified atom stereocenters. The second kappa shape index (κ2) is 5.79. The predicted octanol–water partition coefficient (Wildman–Crippen LogP) is 3.72. The van der Waals surface area contributed by atoms with Crippen LogP contribution in [-0.4, -0.2) is 39.4 Å². The highest BCUT2D eigenvalue weighted by Crippen LogP contribution is 2.43. The summed E-state index contributed by atoms with van der Waals surface area (Å²) in [5.74, 6) is 0.607. The maximum absolute atomic E-state index is 12.4. The molecule has 1 amide bonds. The number of amides is 1. The van der Waals surface area contributed by atoms with Gasteiger partial charge in [0.15, 0.2) is 0 Å². The van der Waals surface area contributed by atoms with E-state index in [1.807, 2.05) is 25.7 Å². The molecule has 2 heterocycles. The summed E-state index contributed by atoms with van der Waals surface area (Å²) in [6, 6.07) is 0.298. The lowest BCUT2D eigenvalue weighted by Gasteiger charge is -2.44. The largest absolute Gasteiger partial charge is 0.444 e. The smallest absolute Gasteiger partial charge is 0.410 e. The van der Waals surface area contributed by atoms with Crippen LogP contribution < -0.4 is 0 Å². The van der Waals surface area contributed by atoms with Crippen LogP contribution in [0.1, 0.15) is 73.1 Å². The van der Waals surface area contributed by atoms with Crippen LogP contribution in [0.4, 0.5) is 4.79 Å². The molecule has 0 aromatic carbocycles. The molecular weight excluding hydrogens is 266 g/mol. The monoisotopic (exact) mass is 297 g/mol. The zero-order valence-corrected chi connectivity index (χ0v) is 14.2. The first-order chi connectivity index (χ1) is 9.60. The minimum atomic E-state index is -0.589. The maximum Gasteiger partial charge on any atom is 0.410 e. The van der Waals surface area contributed by atoms with Crippen molar-refractivity contribution in [1.82, 2.24) is 4.90 Å². The molecule has 2 aliphatic heterocycles. The highest BCUT2D eigenvalue weighted by Gasteiger charge is 2.50. The Hall–Kier alpha value is -0.770. The molecule has 0 aromatic heterocycles. The van der Waals surface area contributed by atoms with Crippen LogP contribution in [0, 0.1) is 5.92 Å². The van der Waals surface area contributed by atoms with Crippen LogP contribution >= 0.6 is 0 Å². The predicted molar refractivity (Wildman–Crippen MR) is 83.1 cm³/mol. The minimum Gasteiger partial charge on any atom is -0.444 e. The van der Waals surface area contributed by atoms with Crippen molar-refractivity contribution in [3.05, 3.63) is 0 Å². The van der Waals surface area contributed by atoms with E-state index in [-0.39, 0.29) is 18.2 Å². The second-order valence-corrected chi connectivity index (χ2v) is 8.34. The van der Waals surface area contributed by atoms with Gasteiger partial charge in [0.1, 0.15) is 5.60 Å². The van der Waals surface area contributed by atoms with Gasteiger partial charge in [-0.15, -0.1) is 0 Å². The van der Waals surface area contributed by atoms with Gasteiger partial charge in [0.2, 0.25) is 0 Å². The fourth-order valence-electron chi connectivity index (χ4n) is 3.70.